The first-order valence-corrected chi connectivity index (χ1v) is 4.90. The van der Waals surface area contributed by atoms with Crippen LogP contribution in [-0.4, -0.2) is 41.3 Å². The lowest BCUT2D eigenvalue weighted by molar-refractivity contribution is -0.163. The monoisotopic (exact) mass is 329 g/mol. The predicted octanol–water partition coefficient (Wildman–Crippen LogP) is 2.03. The quantitative estimate of drug-likeness (QED) is 0.355. The smallest absolute Gasteiger partial charge is 0.370 e. The van der Waals surface area contributed by atoms with Crippen molar-refractivity contribution in [3.05, 3.63) is 0 Å². The van der Waals surface area contributed by atoms with E-state index in [-0.39, 0.29) is 17.3 Å². The number of nitrogens with zero attached hydrogens (tertiary/aromatic N) is 1. The molecule has 0 unspecified atom stereocenters. The first-order chi connectivity index (χ1) is 8.28. The molecule has 12 heteroatoms. The third kappa shape index (κ3) is 5.72. The van der Waals surface area contributed by atoms with Gasteiger partial charge in [-0.25, -0.2) is 0 Å². The summed E-state index contributed by atoms with van der Waals surface area (Å²) in [4.78, 5) is -0.0811. The zero-order valence-electron chi connectivity index (χ0n) is 10.4. The van der Waals surface area contributed by atoms with Crippen molar-refractivity contribution in [1.29, 1.82) is 10.8 Å². The standard InChI is InChI=1S/C8H13F6N5.ClH/c1-3(7(9,10)11)18-6(17)19(5(15)16)4(2)8(12,13)14;/h3-4H,1-2H3,(H3,15,16)(H2,17,18);1H/t3-,4-;/m1./s1. The van der Waals surface area contributed by atoms with Gasteiger partial charge < -0.3 is 11.1 Å². The van der Waals surface area contributed by atoms with Crippen LogP contribution in [0.5, 0.6) is 0 Å². The van der Waals surface area contributed by atoms with Gasteiger partial charge in [0.15, 0.2) is 11.9 Å². The molecule has 2 atom stereocenters. The Balaban J connectivity index is 0. The van der Waals surface area contributed by atoms with E-state index in [0.717, 1.165) is 0 Å². The number of hydrogen-bond acceptors (Lipinski definition) is 2. The van der Waals surface area contributed by atoms with Crippen LogP contribution in [0.1, 0.15) is 13.8 Å². The molecule has 0 saturated heterocycles. The Labute approximate surface area is 116 Å². The number of guanidine groups is 2. The summed E-state index contributed by atoms with van der Waals surface area (Å²) in [5.41, 5.74) is 4.87. The number of halogens is 7. The van der Waals surface area contributed by atoms with E-state index in [4.69, 9.17) is 16.6 Å². The van der Waals surface area contributed by atoms with E-state index in [9.17, 15) is 26.3 Å². The molecule has 0 radical (unpaired) electrons. The lowest BCUT2D eigenvalue weighted by Crippen LogP contribution is -2.59. The molecule has 5 nitrogen and oxygen atoms in total. The number of rotatable bonds is 2. The molecule has 0 rings (SSSR count). The molecule has 0 aliphatic rings. The molecule has 0 aliphatic carbocycles. The van der Waals surface area contributed by atoms with E-state index in [1.54, 1.807) is 0 Å². The maximum Gasteiger partial charge on any atom is 0.409 e. The highest BCUT2D eigenvalue weighted by Gasteiger charge is 2.44. The van der Waals surface area contributed by atoms with Gasteiger partial charge in [-0.1, -0.05) is 0 Å². The van der Waals surface area contributed by atoms with E-state index in [2.05, 4.69) is 0 Å². The Bertz CT molecular complexity index is 354. The third-order valence-electron chi connectivity index (χ3n) is 2.21. The molecule has 0 aliphatic heterocycles. The summed E-state index contributed by atoms with van der Waals surface area (Å²) in [6.07, 6.45) is -9.59. The lowest BCUT2D eigenvalue weighted by Gasteiger charge is -2.32. The zero-order chi connectivity index (χ0) is 15.6. The van der Waals surface area contributed by atoms with Crippen molar-refractivity contribution in [2.24, 2.45) is 5.73 Å². The molecule has 0 heterocycles. The van der Waals surface area contributed by atoms with Crippen molar-refractivity contribution in [3.8, 4) is 0 Å². The van der Waals surface area contributed by atoms with Crippen molar-refractivity contribution < 1.29 is 26.3 Å². The maximum atomic E-state index is 12.5. The summed E-state index contributed by atoms with van der Waals surface area (Å²) in [5.74, 6) is -2.43. The molecule has 120 valence electrons. The average Bonchev–Trinajstić information content (AvgIpc) is 2.13. The largest absolute Gasteiger partial charge is 0.409 e. The fourth-order valence-electron chi connectivity index (χ4n) is 1.03. The highest BCUT2D eigenvalue weighted by molar-refractivity contribution is 5.95. The molecule has 0 aromatic rings. The molecule has 0 aromatic heterocycles. The first-order valence-electron chi connectivity index (χ1n) is 4.90. The second kappa shape index (κ2) is 6.86. The molecule has 0 bridgehead atoms. The molecule has 20 heavy (non-hydrogen) atoms. The van der Waals surface area contributed by atoms with E-state index >= 15 is 0 Å². The van der Waals surface area contributed by atoms with Gasteiger partial charge in [0.2, 0.25) is 0 Å². The Morgan fingerprint density at radius 1 is 1.05 bits per heavy atom. The van der Waals surface area contributed by atoms with Crippen molar-refractivity contribution in [2.75, 3.05) is 0 Å². The summed E-state index contributed by atoms with van der Waals surface area (Å²) in [7, 11) is 0. The maximum absolute atomic E-state index is 12.5. The fraction of sp³-hybridized carbons (Fsp3) is 0.750. The van der Waals surface area contributed by atoms with Gasteiger partial charge in [-0.15, -0.1) is 12.4 Å². The van der Waals surface area contributed by atoms with Crippen molar-refractivity contribution in [2.45, 2.75) is 38.3 Å². The highest BCUT2D eigenvalue weighted by Crippen LogP contribution is 2.25. The second-order valence-electron chi connectivity index (χ2n) is 3.73. The number of hydrogen-bond donors (Lipinski definition) is 4. The molecule has 5 N–H and O–H groups in total. The van der Waals surface area contributed by atoms with Gasteiger partial charge >= 0.3 is 12.4 Å². The van der Waals surface area contributed by atoms with Crippen LogP contribution in [0, 0.1) is 10.8 Å². The minimum atomic E-state index is -4.85. The Morgan fingerprint density at radius 2 is 1.45 bits per heavy atom. The van der Waals surface area contributed by atoms with Gasteiger partial charge in [0.1, 0.15) is 12.1 Å². The number of alkyl halides is 6. The average molecular weight is 330 g/mol. The Hall–Kier alpha value is -1.39. The minimum Gasteiger partial charge on any atom is -0.370 e. The number of nitrogens with two attached hydrogens (primary N) is 1. The van der Waals surface area contributed by atoms with Gasteiger partial charge in [-0.3, -0.25) is 15.7 Å². The normalized spacial score (nSPS) is 14.8. The van der Waals surface area contributed by atoms with E-state index in [1.807, 2.05) is 0 Å². The van der Waals surface area contributed by atoms with Gasteiger partial charge in [-0.05, 0) is 13.8 Å². The SMILES string of the molecule is C[C@@H](NC(=N)N(C(=N)N)[C@H](C)C(F)(F)F)C(F)(F)F.Cl. The zero-order valence-corrected chi connectivity index (χ0v) is 11.2. The van der Waals surface area contributed by atoms with Crippen LogP contribution in [0.3, 0.4) is 0 Å². The van der Waals surface area contributed by atoms with Crippen LogP contribution in [-0.2, 0) is 0 Å². The van der Waals surface area contributed by atoms with E-state index in [0.29, 0.717) is 13.8 Å². The summed E-state index contributed by atoms with van der Waals surface area (Å²) >= 11 is 0. The molecule has 0 spiro atoms. The molecule has 0 fully saturated rings. The van der Waals surface area contributed by atoms with E-state index < -0.39 is 36.4 Å². The molecular weight excluding hydrogens is 316 g/mol. The second-order valence-corrected chi connectivity index (χ2v) is 3.73. The van der Waals surface area contributed by atoms with Gasteiger partial charge in [0, 0.05) is 0 Å². The van der Waals surface area contributed by atoms with Gasteiger partial charge in [0.05, 0.1) is 0 Å². The fourth-order valence-corrected chi connectivity index (χ4v) is 1.03. The first kappa shape index (κ1) is 20.9. The minimum absolute atomic E-state index is 0. The molecule has 0 saturated carbocycles. The number of nitrogens with one attached hydrogen (secondary N) is 3. The Kier molecular flexibility index (Phi) is 7.18. The van der Waals surface area contributed by atoms with Gasteiger partial charge in [0.25, 0.3) is 0 Å². The lowest BCUT2D eigenvalue weighted by atomic mass is 10.3. The summed E-state index contributed by atoms with van der Waals surface area (Å²) in [6, 6.07) is -4.65. The highest BCUT2D eigenvalue weighted by atomic mass is 35.5. The van der Waals surface area contributed by atoms with Crippen molar-refractivity contribution in [3.63, 3.8) is 0 Å². The van der Waals surface area contributed by atoms with Crippen LogP contribution in [0.25, 0.3) is 0 Å². The van der Waals surface area contributed by atoms with Crippen molar-refractivity contribution in [1.82, 2.24) is 10.2 Å². The van der Waals surface area contributed by atoms with Crippen LogP contribution in [0.15, 0.2) is 0 Å². The van der Waals surface area contributed by atoms with Gasteiger partial charge in [-0.2, -0.15) is 26.3 Å². The molecule has 0 aromatic carbocycles. The molecule has 0 amide bonds. The van der Waals surface area contributed by atoms with Crippen molar-refractivity contribution >= 4 is 24.3 Å². The predicted molar refractivity (Wildman–Crippen MR) is 62.9 cm³/mol. The summed E-state index contributed by atoms with van der Waals surface area (Å²) < 4.78 is 74.0. The summed E-state index contributed by atoms with van der Waals surface area (Å²) in [6.45, 7) is 1.21. The molecular formula is C8H14ClF6N5. The third-order valence-corrected chi connectivity index (χ3v) is 2.21. The topological polar surface area (TPSA) is 89.0 Å². The van der Waals surface area contributed by atoms with Crippen LogP contribution in [0.4, 0.5) is 26.3 Å². The van der Waals surface area contributed by atoms with E-state index in [1.165, 1.54) is 5.32 Å². The van der Waals surface area contributed by atoms with Crippen LogP contribution in [0.2, 0.25) is 0 Å². The van der Waals surface area contributed by atoms with Crippen LogP contribution >= 0.6 is 12.4 Å². The Morgan fingerprint density at radius 3 is 1.70 bits per heavy atom. The van der Waals surface area contributed by atoms with Crippen LogP contribution < -0.4 is 11.1 Å². The summed E-state index contributed by atoms with van der Waals surface area (Å²) in [5, 5.41) is 15.6.